The SMILES string of the molecule is Cc1ccc2c(c1)[C@@H]1[C@H](CN2)Oc2ccccc2N1C(=O)c1ccccc1. The zero-order valence-corrected chi connectivity index (χ0v) is 15.1. The Bertz CT molecular complexity index is 1020. The van der Waals surface area contributed by atoms with Crippen molar-refractivity contribution in [3.63, 3.8) is 0 Å². The van der Waals surface area contributed by atoms with E-state index in [4.69, 9.17) is 4.74 Å². The van der Waals surface area contributed by atoms with Crippen LogP contribution in [0.25, 0.3) is 0 Å². The number of nitrogens with one attached hydrogen (secondary N) is 1. The lowest BCUT2D eigenvalue weighted by atomic mass is 9.90. The smallest absolute Gasteiger partial charge is 0.259 e. The Hall–Kier alpha value is -3.27. The van der Waals surface area contributed by atoms with Gasteiger partial charge in [0.05, 0.1) is 12.2 Å². The molecule has 3 aromatic rings. The van der Waals surface area contributed by atoms with E-state index in [9.17, 15) is 4.79 Å². The summed E-state index contributed by atoms with van der Waals surface area (Å²) in [5.41, 5.74) is 4.84. The average molecular weight is 356 g/mol. The first-order chi connectivity index (χ1) is 13.2. The van der Waals surface area contributed by atoms with Crippen LogP contribution in [0.5, 0.6) is 5.75 Å². The molecule has 0 saturated heterocycles. The van der Waals surface area contributed by atoms with E-state index in [0.717, 1.165) is 22.7 Å². The maximum absolute atomic E-state index is 13.6. The number of nitrogens with zero attached hydrogens (tertiary/aromatic N) is 1. The van der Waals surface area contributed by atoms with Gasteiger partial charge in [-0.3, -0.25) is 9.69 Å². The standard InChI is InChI=1S/C23H20N2O2/c1-15-11-12-18-17(13-15)22-21(14-24-18)27-20-10-6-5-9-19(20)25(22)23(26)16-7-3-2-4-8-16/h2-13,21-22,24H,14H2,1H3/t21-,22+/m0/s1. The van der Waals surface area contributed by atoms with Crippen molar-refractivity contribution in [1.82, 2.24) is 0 Å². The van der Waals surface area contributed by atoms with Gasteiger partial charge in [-0.1, -0.05) is 48.0 Å². The number of ether oxygens (including phenoxy) is 1. The highest BCUT2D eigenvalue weighted by molar-refractivity contribution is 6.08. The van der Waals surface area contributed by atoms with Gasteiger partial charge >= 0.3 is 0 Å². The van der Waals surface area contributed by atoms with Crippen molar-refractivity contribution in [3.8, 4) is 5.75 Å². The second-order valence-electron chi connectivity index (χ2n) is 7.08. The summed E-state index contributed by atoms with van der Waals surface area (Å²) in [7, 11) is 0. The predicted octanol–water partition coefficient (Wildman–Crippen LogP) is 4.57. The summed E-state index contributed by atoms with van der Waals surface area (Å²) >= 11 is 0. The molecule has 27 heavy (non-hydrogen) atoms. The molecule has 0 spiro atoms. The molecule has 4 nitrogen and oxygen atoms in total. The lowest BCUT2D eigenvalue weighted by Crippen LogP contribution is -2.51. The summed E-state index contributed by atoms with van der Waals surface area (Å²) in [6.45, 7) is 2.73. The van der Waals surface area contributed by atoms with Crippen molar-refractivity contribution in [1.29, 1.82) is 0 Å². The molecule has 0 bridgehead atoms. The number of aryl methyl sites for hydroxylation is 1. The van der Waals surface area contributed by atoms with Gasteiger partial charge in [0.1, 0.15) is 17.9 Å². The van der Waals surface area contributed by atoms with Crippen molar-refractivity contribution in [2.24, 2.45) is 0 Å². The van der Waals surface area contributed by atoms with Crippen molar-refractivity contribution in [2.75, 3.05) is 16.8 Å². The monoisotopic (exact) mass is 356 g/mol. The Morgan fingerprint density at radius 3 is 2.67 bits per heavy atom. The van der Waals surface area contributed by atoms with Crippen LogP contribution in [0, 0.1) is 6.92 Å². The van der Waals surface area contributed by atoms with E-state index in [-0.39, 0.29) is 18.1 Å². The maximum atomic E-state index is 13.6. The number of benzene rings is 3. The minimum atomic E-state index is -0.163. The quantitative estimate of drug-likeness (QED) is 0.694. The van der Waals surface area contributed by atoms with Gasteiger partial charge in [-0.05, 0) is 37.3 Å². The third-order valence-electron chi connectivity index (χ3n) is 5.29. The largest absolute Gasteiger partial charge is 0.484 e. The van der Waals surface area contributed by atoms with Gasteiger partial charge in [-0.25, -0.2) is 0 Å². The van der Waals surface area contributed by atoms with Gasteiger partial charge in [0, 0.05) is 16.8 Å². The molecular formula is C23H20N2O2. The van der Waals surface area contributed by atoms with Crippen LogP contribution in [0.1, 0.15) is 27.5 Å². The third-order valence-corrected chi connectivity index (χ3v) is 5.29. The van der Waals surface area contributed by atoms with Crippen LogP contribution in [-0.2, 0) is 0 Å². The molecular weight excluding hydrogens is 336 g/mol. The Labute approximate surface area is 158 Å². The summed E-state index contributed by atoms with van der Waals surface area (Å²) in [4.78, 5) is 15.5. The molecule has 0 fully saturated rings. The minimum absolute atomic E-state index is 0.00398. The fourth-order valence-corrected chi connectivity index (χ4v) is 4.05. The van der Waals surface area contributed by atoms with Crippen molar-refractivity contribution in [3.05, 3.63) is 89.5 Å². The molecule has 0 aliphatic carbocycles. The first-order valence-corrected chi connectivity index (χ1v) is 9.21. The van der Waals surface area contributed by atoms with Crippen LogP contribution in [0.4, 0.5) is 11.4 Å². The van der Waals surface area contributed by atoms with Gasteiger partial charge in [0.2, 0.25) is 0 Å². The second kappa shape index (κ2) is 6.16. The van der Waals surface area contributed by atoms with Gasteiger partial charge in [-0.2, -0.15) is 0 Å². The van der Waals surface area contributed by atoms with Gasteiger partial charge in [0.25, 0.3) is 5.91 Å². The summed E-state index contributed by atoms with van der Waals surface area (Å²) in [5.74, 6) is 0.747. The topological polar surface area (TPSA) is 41.6 Å². The molecule has 4 heteroatoms. The first-order valence-electron chi connectivity index (χ1n) is 9.21. The number of fused-ring (bicyclic) bond motifs is 4. The van der Waals surface area contributed by atoms with Crippen LogP contribution < -0.4 is 15.0 Å². The molecule has 0 aromatic heterocycles. The molecule has 134 valence electrons. The van der Waals surface area contributed by atoms with E-state index in [1.54, 1.807) is 0 Å². The Balaban J connectivity index is 1.70. The Morgan fingerprint density at radius 1 is 1.04 bits per heavy atom. The molecule has 0 unspecified atom stereocenters. The predicted molar refractivity (Wildman–Crippen MR) is 107 cm³/mol. The van der Waals surface area contributed by atoms with Gasteiger partial charge in [-0.15, -0.1) is 0 Å². The third kappa shape index (κ3) is 2.56. The van der Waals surface area contributed by atoms with Gasteiger partial charge < -0.3 is 10.1 Å². The summed E-state index contributed by atoms with van der Waals surface area (Å²) in [6.07, 6.45) is -0.137. The van der Waals surface area contributed by atoms with Crippen molar-refractivity contribution >= 4 is 17.3 Å². The van der Waals surface area contributed by atoms with Crippen LogP contribution >= 0.6 is 0 Å². The number of carbonyl (C=O) groups is 1. The number of hydrogen-bond acceptors (Lipinski definition) is 3. The molecule has 2 heterocycles. The van der Waals surface area contributed by atoms with E-state index in [2.05, 4.69) is 30.4 Å². The molecule has 0 radical (unpaired) electrons. The van der Waals surface area contributed by atoms with E-state index in [0.29, 0.717) is 12.1 Å². The molecule has 5 rings (SSSR count). The lowest BCUT2D eigenvalue weighted by Gasteiger charge is -2.45. The Kier molecular flexibility index (Phi) is 3.64. The van der Waals surface area contributed by atoms with E-state index in [1.807, 2.05) is 59.5 Å². The number of anilines is 2. The second-order valence-corrected chi connectivity index (χ2v) is 7.08. The highest BCUT2D eigenvalue weighted by atomic mass is 16.5. The van der Waals surface area contributed by atoms with Crippen LogP contribution in [0.15, 0.2) is 72.8 Å². The van der Waals surface area contributed by atoms with E-state index >= 15 is 0 Å². The lowest BCUT2D eigenvalue weighted by molar-refractivity contribution is 0.0910. The molecule has 2 aliphatic heterocycles. The molecule has 2 atom stereocenters. The van der Waals surface area contributed by atoms with Crippen molar-refractivity contribution in [2.45, 2.75) is 19.1 Å². The molecule has 2 aliphatic rings. The molecule has 3 aromatic carbocycles. The summed E-state index contributed by atoms with van der Waals surface area (Å²) in [5, 5.41) is 3.46. The van der Waals surface area contributed by atoms with E-state index in [1.165, 1.54) is 5.56 Å². The van der Waals surface area contributed by atoms with Crippen LogP contribution in [0.3, 0.4) is 0 Å². The molecule has 1 amide bonds. The highest BCUT2D eigenvalue weighted by Gasteiger charge is 2.43. The summed E-state index contributed by atoms with van der Waals surface area (Å²) < 4.78 is 6.29. The number of rotatable bonds is 1. The minimum Gasteiger partial charge on any atom is -0.484 e. The zero-order chi connectivity index (χ0) is 18.4. The first kappa shape index (κ1) is 15.9. The number of carbonyl (C=O) groups excluding carboxylic acids is 1. The van der Waals surface area contributed by atoms with E-state index < -0.39 is 0 Å². The zero-order valence-electron chi connectivity index (χ0n) is 15.1. The average Bonchev–Trinajstić information content (AvgIpc) is 2.72. The molecule has 1 N–H and O–H groups in total. The maximum Gasteiger partial charge on any atom is 0.259 e. The highest BCUT2D eigenvalue weighted by Crippen LogP contribution is 2.46. The normalized spacial score (nSPS) is 19.8. The van der Waals surface area contributed by atoms with Gasteiger partial charge in [0.15, 0.2) is 0 Å². The van der Waals surface area contributed by atoms with Crippen molar-refractivity contribution < 1.29 is 9.53 Å². The number of para-hydroxylation sites is 2. The van der Waals surface area contributed by atoms with Crippen LogP contribution in [0.2, 0.25) is 0 Å². The van der Waals surface area contributed by atoms with Crippen LogP contribution in [-0.4, -0.2) is 18.6 Å². The Morgan fingerprint density at radius 2 is 1.81 bits per heavy atom. The fourth-order valence-electron chi connectivity index (χ4n) is 4.05. The number of hydrogen-bond donors (Lipinski definition) is 1. The summed E-state index contributed by atoms with van der Waals surface area (Å²) in [6, 6.07) is 23.4. The number of amides is 1. The molecule has 0 saturated carbocycles. The fraction of sp³-hybridized carbons (Fsp3) is 0.174.